The summed E-state index contributed by atoms with van der Waals surface area (Å²) in [5.74, 6) is 2.81. The van der Waals surface area contributed by atoms with Gasteiger partial charge in [0, 0.05) is 43.9 Å². The Labute approximate surface area is 117 Å². The summed E-state index contributed by atoms with van der Waals surface area (Å²) in [5.41, 5.74) is -0.476. The Morgan fingerprint density at radius 3 is 2.90 bits per heavy atom. The quantitative estimate of drug-likeness (QED) is 0.792. The molecule has 0 saturated carbocycles. The molecule has 6 heteroatoms. The van der Waals surface area contributed by atoms with E-state index in [1.54, 1.807) is 23.2 Å². The topological polar surface area (TPSA) is 74.7 Å². The van der Waals surface area contributed by atoms with Crippen molar-refractivity contribution in [2.75, 3.05) is 25.5 Å². The summed E-state index contributed by atoms with van der Waals surface area (Å²) in [6.07, 6.45) is 7.60. The molecule has 106 valence electrons. The number of carbonyl (C=O) groups excluding carboxylic acids is 1. The molecule has 1 saturated heterocycles. The molecule has 2 N–H and O–H groups in total. The highest BCUT2D eigenvalue weighted by molar-refractivity contribution is 5.89. The Kier molecular flexibility index (Phi) is 4.11. The molecule has 1 fully saturated rings. The average Bonchev–Trinajstić information content (AvgIpc) is 2.48. The van der Waals surface area contributed by atoms with Crippen LogP contribution < -0.4 is 10.1 Å². The van der Waals surface area contributed by atoms with Crippen LogP contribution in [0.5, 0.6) is 5.88 Å². The van der Waals surface area contributed by atoms with Gasteiger partial charge in [-0.3, -0.25) is 0 Å². The molecule has 1 aromatic rings. The second-order valence-electron chi connectivity index (χ2n) is 4.68. The molecule has 0 radical (unpaired) electrons. The van der Waals surface area contributed by atoms with Gasteiger partial charge in [0.15, 0.2) is 0 Å². The lowest BCUT2D eigenvalue weighted by atomic mass is 9.93. The standard InChI is InChI=1S/C14H17N3O3/c1-3-14(19)5-8-17(9-6-14)13(18)16-11-4-7-15-12(10-11)20-2/h1,4,7,10,19H,5-6,8-9H2,2H3,(H,15,16,18). The molecule has 2 rings (SSSR count). The molecule has 2 amide bonds. The van der Waals surface area contributed by atoms with Crippen molar-refractivity contribution in [2.24, 2.45) is 0 Å². The molecule has 6 nitrogen and oxygen atoms in total. The Bertz CT molecular complexity index is 531. The normalized spacial score (nSPS) is 17.1. The number of ether oxygens (including phenoxy) is 1. The largest absolute Gasteiger partial charge is 0.481 e. The summed E-state index contributed by atoms with van der Waals surface area (Å²) in [6.45, 7) is 0.851. The maximum atomic E-state index is 12.1. The second-order valence-corrected chi connectivity index (χ2v) is 4.68. The number of urea groups is 1. The number of nitrogens with one attached hydrogen (secondary N) is 1. The molecule has 0 aliphatic carbocycles. The summed E-state index contributed by atoms with van der Waals surface area (Å²) < 4.78 is 4.99. The number of likely N-dealkylation sites (tertiary alicyclic amines) is 1. The number of terminal acetylenes is 1. The van der Waals surface area contributed by atoms with Gasteiger partial charge in [0.1, 0.15) is 5.60 Å². The van der Waals surface area contributed by atoms with Gasteiger partial charge in [-0.05, 0) is 6.07 Å². The SMILES string of the molecule is C#CC1(O)CCN(C(=O)Nc2ccnc(OC)c2)CC1. The van der Waals surface area contributed by atoms with Crippen molar-refractivity contribution < 1.29 is 14.6 Å². The number of nitrogens with zero attached hydrogens (tertiary/aromatic N) is 2. The molecule has 1 aliphatic heterocycles. The molecule has 0 bridgehead atoms. The highest BCUT2D eigenvalue weighted by atomic mass is 16.5. The fourth-order valence-corrected chi connectivity index (χ4v) is 2.03. The monoisotopic (exact) mass is 275 g/mol. The molecule has 0 unspecified atom stereocenters. The van der Waals surface area contributed by atoms with Gasteiger partial charge in [-0.15, -0.1) is 6.42 Å². The van der Waals surface area contributed by atoms with E-state index in [-0.39, 0.29) is 6.03 Å². The first kappa shape index (κ1) is 14.2. The number of rotatable bonds is 2. The molecule has 0 atom stereocenters. The van der Waals surface area contributed by atoms with Crippen LogP contribution in [-0.4, -0.2) is 46.8 Å². The predicted molar refractivity (Wildman–Crippen MR) is 74.4 cm³/mol. The fourth-order valence-electron chi connectivity index (χ4n) is 2.03. The highest BCUT2D eigenvalue weighted by Crippen LogP contribution is 2.22. The van der Waals surface area contributed by atoms with Crippen molar-refractivity contribution in [2.45, 2.75) is 18.4 Å². The zero-order chi connectivity index (χ0) is 14.6. The number of aliphatic hydroxyl groups is 1. The van der Waals surface area contributed by atoms with Crippen LogP contribution in [0.2, 0.25) is 0 Å². The lowest BCUT2D eigenvalue weighted by Crippen LogP contribution is -2.47. The van der Waals surface area contributed by atoms with Gasteiger partial charge in [0.05, 0.1) is 7.11 Å². The molecule has 1 aromatic heterocycles. The summed E-state index contributed by atoms with van der Waals surface area (Å²) in [6, 6.07) is 3.10. The van der Waals surface area contributed by atoms with Gasteiger partial charge in [-0.2, -0.15) is 0 Å². The van der Waals surface area contributed by atoms with Gasteiger partial charge in [0.2, 0.25) is 5.88 Å². The Balaban J connectivity index is 1.94. The summed E-state index contributed by atoms with van der Waals surface area (Å²) in [5, 5.41) is 12.7. The number of hydrogen-bond donors (Lipinski definition) is 2. The number of methoxy groups -OCH3 is 1. The van der Waals surface area contributed by atoms with E-state index in [4.69, 9.17) is 11.2 Å². The van der Waals surface area contributed by atoms with E-state index in [1.165, 1.54) is 7.11 Å². The van der Waals surface area contributed by atoms with E-state index >= 15 is 0 Å². The van der Waals surface area contributed by atoms with E-state index in [1.807, 2.05) is 0 Å². The summed E-state index contributed by atoms with van der Waals surface area (Å²) in [4.78, 5) is 17.7. The zero-order valence-corrected chi connectivity index (χ0v) is 11.3. The van der Waals surface area contributed by atoms with Gasteiger partial charge < -0.3 is 20.1 Å². The van der Waals surface area contributed by atoms with Crippen LogP contribution in [0.4, 0.5) is 10.5 Å². The van der Waals surface area contributed by atoms with Crippen molar-refractivity contribution in [1.29, 1.82) is 0 Å². The number of amides is 2. The molecule has 2 heterocycles. The third-order valence-electron chi connectivity index (χ3n) is 3.34. The molecule has 0 spiro atoms. The zero-order valence-electron chi connectivity index (χ0n) is 11.3. The third-order valence-corrected chi connectivity index (χ3v) is 3.34. The minimum absolute atomic E-state index is 0.225. The van der Waals surface area contributed by atoms with E-state index in [0.717, 1.165) is 0 Å². The first-order chi connectivity index (χ1) is 9.56. The predicted octanol–water partition coefficient (Wildman–Crippen LogP) is 1.08. The van der Waals surface area contributed by atoms with Gasteiger partial charge in [0.25, 0.3) is 0 Å². The highest BCUT2D eigenvalue weighted by Gasteiger charge is 2.32. The number of anilines is 1. The molecular weight excluding hydrogens is 258 g/mol. The van der Waals surface area contributed by atoms with E-state index in [9.17, 15) is 9.90 Å². The maximum absolute atomic E-state index is 12.1. The van der Waals surface area contributed by atoms with Crippen LogP contribution in [0.15, 0.2) is 18.3 Å². The van der Waals surface area contributed by atoms with E-state index < -0.39 is 5.60 Å². The minimum Gasteiger partial charge on any atom is -0.481 e. The van der Waals surface area contributed by atoms with Crippen LogP contribution in [0.1, 0.15) is 12.8 Å². The molecule has 1 aliphatic rings. The average molecular weight is 275 g/mol. The van der Waals surface area contributed by atoms with Crippen LogP contribution in [0.25, 0.3) is 0 Å². The van der Waals surface area contributed by atoms with Crippen LogP contribution in [0.3, 0.4) is 0 Å². The van der Waals surface area contributed by atoms with Crippen molar-refractivity contribution in [3.8, 4) is 18.2 Å². The first-order valence-corrected chi connectivity index (χ1v) is 6.32. The first-order valence-electron chi connectivity index (χ1n) is 6.32. The number of carbonyl (C=O) groups is 1. The van der Waals surface area contributed by atoms with Crippen LogP contribution in [0, 0.1) is 12.3 Å². The lowest BCUT2D eigenvalue weighted by molar-refractivity contribution is 0.0398. The van der Waals surface area contributed by atoms with Crippen molar-refractivity contribution in [3.05, 3.63) is 18.3 Å². The van der Waals surface area contributed by atoms with Crippen molar-refractivity contribution in [3.63, 3.8) is 0 Å². The van der Waals surface area contributed by atoms with Crippen LogP contribution in [-0.2, 0) is 0 Å². The Hall–Kier alpha value is -2.26. The number of pyridine rings is 1. The smallest absolute Gasteiger partial charge is 0.321 e. The molecule has 0 aromatic carbocycles. The number of piperidine rings is 1. The number of aromatic nitrogens is 1. The molecule has 20 heavy (non-hydrogen) atoms. The minimum atomic E-state index is -1.09. The number of hydrogen-bond acceptors (Lipinski definition) is 4. The lowest BCUT2D eigenvalue weighted by Gasteiger charge is -2.34. The van der Waals surface area contributed by atoms with Gasteiger partial charge >= 0.3 is 6.03 Å². The summed E-state index contributed by atoms with van der Waals surface area (Å²) in [7, 11) is 1.51. The second kappa shape index (κ2) is 5.80. The van der Waals surface area contributed by atoms with Crippen LogP contribution >= 0.6 is 0 Å². The molecular formula is C14H17N3O3. The van der Waals surface area contributed by atoms with E-state index in [2.05, 4.69) is 16.2 Å². The Morgan fingerprint density at radius 2 is 2.30 bits per heavy atom. The van der Waals surface area contributed by atoms with Crippen molar-refractivity contribution >= 4 is 11.7 Å². The summed E-state index contributed by atoms with van der Waals surface area (Å²) >= 11 is 0. The Morgan fingerprint density at radius 1 is 1.60 bits per heavy atom. The van der Waals surface area contributed by atoms with Gasteiger partial charge in [-0.1, -0.05) is 5.92 Å². The van der Waals surface area contributed by atoms with E-state index in [0.29, 0.717) is 37.5 Å². The maximum Gasteiger partial charge on any atom is 0.321 e. The fraction of sp³-hybridized carbons (Fsp3) is 0.429. The van der Waals surface area contributed by atoms with Crippen molar-refractivity contribution in [1.82, 2.24) is 9.88 Å². The van der Waals surface area contributed by atoms with Gasteiger partial charge in [-0.25, -0.2) is 9.78 Å². The third kappa shape index (κ3) is 3.19.